The lowest BCUT2D eigenvalue weighted by atomic mass is 9.98. The molecule has 1 fully saturated rings. The van der Waals surface area contributed by atoms with Gasteiger partial charge in [0.1, 0.15) is 5.75 Å². The predicted molar refractivity (Wildman–Crippen MR) is 67.1 cm³/mol. The number of aryl methyl sites for hydroxylation is 1. The highest BCUT2D eigenvalue weighted by atomic mass is 16.3. The number of benzene rings is 1. The van der Waals surface area contributed by atoms with Gasteiger partial charge in [-0.25, -0.2) is 0 Å². The van der Waals surface area contributed by atoms with Gasteiger partial charge in [-0.3, -0.25) is 4.79 Å². The van der Waals surface area contributed by atoms with Crippen molar-refractivity contribution in [2.24, 2.45) is 5.92 Å². The molecule has 4 heteroatoms. The molecule has 0 atom stereocenters. The van der Waals surface area contributed by atoms with E-state index < -0.39 is 0 Å². The van der Waals surface area contributed by atoms with E-state index in [2.05, 4.69) is 6.07 Å². The van der Waals surface area contributed by atoms with Crippen molar-refractivity contribution >= 4 is 5.91 Å². The van der Waals surface area contributed by atoms with Gasteiger partial charge in [0.05, 0.1) is 6.07 Å². The van der Waals surface area contributed by atoms with E-state index in [-0.39, 0.29) is 17.6 Å². The zero-order valence-corrected chi connectivity index (χ0v) is 10.4. The molecule has 1 saturated heterocycles. The van der Waals surface area contributed by atoms with Gasteiger partial charge in [-0.2, -0.15) is 5.26 Å². The molecule has 1 aromatic rings. The molecule has 1 N–H and O–H groups in total. The summed E-state index contributed by atoms with van der Waals surface area (Å²) in [5.74, 6) is 0.148. The molecular weight excluding hydrogens is 228 g/mol. The largest absolute Gasteiger partial charge is 0.508 e. The Kier molecular flexibility index (Phi) is 3.52. The van der Waals surface area contributed by atoms with E-state index in [0.717, 1.165) is 18.4 Å². The number of piperidine rings is 1. The van der Waals surface area contributed by atoms with Crippen LogP contribution in [0.1, 0.15) is 28.8 Å². The van der Waals surface area contributed by atoms with Crippen molar-refractivity contribution in [3.63, 3.8) is 0 Å². The molecule has 1 aliphatic rings. The SMILES string of the molecule is Cc1ccc(C(=O)N2CCC(C#N)CC2)cc1O. The quantitative estimate of drug-likeness (QED) is 0.822. The third-order valence-electron chi connectivity index (χ3n) is 3.42. The van der Waals surface area contributed by atoms with Crippen LogP contribution in [0.2, 0.25) is 0 Å². The first-order valence-electron chi connectivity index (χ1n) is 6.10. The fourth-order valence-corrected chi connectivity index (χ4v) is 2.14. The van der Waals surface area contributed by atoms with Gasteiger partial charge >= 0.3 is 0 Å². The van der Waals surface area contributed by atoms with E-state index in [1.807, 2.05) is 0 Å². The maximum absolute atomic E-state index is 12.2. The summed E-state index contributed by atoms with van der Waals surface area (Å²) in [4.78, 5) is 13.9. The van der Waals surface area contributed by atoms with Gasteiger partial charge in [0.25, 0.3) is 5.91 Å². The number of likely N-dealkylation sites (tertiary alicyclic amines) is 1. The maximum atomic E-state index is 12.2. The highest BCUT2D eigenvalue weighted by molar-refractivity contribution is 5.94. The fraction of sp³-hybridized carbons (Fsp3) is 0.429. The number of aromatic hydroxyl groups is 1. The molecule has 4 nitrogen and oxygen atoms in total. The van der Waals surface area contributed by atoms with Crippen molar-refractivity contribution in [1.82, 2.24) is 4.90 Å². The van der Waals surface area contributed by atoms with Crippen LogP contribution in [-0.4, -0.2) is 29.0 Å². The van der Waals surface area contributed by atoms with Crippen molar-refractivity contribution in [3.05, 3.63) is 29.3 Å². The molecule has 1 aromatic carbocycles. The second-order valence-electron chi connectivity index (χ2n) is 4.70. The van der Waals surface area contributed by atoms with Gasteiger partial charge in [0.2, 0.25) is 0 Å². The monoisotopic (exact) mass is 244 g/mol. The normalized spacial score (nSPS) is 16.3. The first kappa shape index (κ1) is 12.4. The second kappa shape index (κ2) is 5.09. The summed E-state index contributed by atoms with van der Waals surface area (Å²) in [6.45, 7) is 3.03. The van der Waals surface area contributed by atoms with Crippen molar-refractivity contribution in [1.29, 1.82) is 5.26 Å². The average molecular weight is 244 g/mol. The first-order valence-corrected chi connectivity index (χ1v) is 6.10. The van der Waals surface area contributed by atoms with Gasteiger partial charge < -0.3 is 10.0 Å². The Morgan fingerprint density at radius 2 is 2.11 bits per heavy atom. The van der Waals surface area contributed by atoms with E-state index in [0.29, 0.717) is 18.7 Å². The highest BCUT2D eigenvalue weighted by Gasteiger charge is 2.23. The van der Waals surface area contributed by atoms with E-state index >= 15 is 0 Å². The molecule has 0 aliphatic carbocycles. The first-order chi connectivity index (χ1) is 8.61. The Morgan fingerprint density at radius 3 is 2.67 bits per heavy atom. The minimum Gasteiger partial charge on any atom is -0.508 e. The Labute approximate surface area is 106 Å². The Bertz CT molecular complexity index is 497. The van der Waals surface area contributed by atoms with E-state index in [9.17, 15) is 9.90 Å². The molecule has 0 saturated carbocycles. The molecule has 94 valence electrons. The summed E-state index contributed by atoms with van der Waals surface area (Å²) in [7, 11) is 0. The van der Waals surface area contributed by atoms with Crippen molar-refractivity contribution in [2.45, 2.75) is 19.8 Å². The minimum atomic E-state index is -0.0679. The molecule has 1 heterocycles. The van der Waals surface area contributed by atoms with Crippen LogP contribution >= 0.6 is 0 Å². The van der Waals surface area contributed by atoms with Gasteiger partial charge in [0.15, 0.2) is 0 Å². The van der Waals surface area contributed by atoms with Gasteiger partial charge in [-0.05, 0) is 37.5 Å². The summed E-state index contributed by atoms with van der Waals surface area (Å²) >= 11 is 0. The zero-order valence-electron chi connectivity index (χ0n) is 10.4. The lowest BCUT2D eigenvalue weighted by molar-refractivity contribution is 0.0707. The molecule has 0 radical (unpaired) electrons. The van der Waals surface area contributed by atoms with Crippen LogP contribution < -0.4 is 0 Å². The lowest BCUT2D eigenvalue weighted by Gasteiger charge is -2.29. The van der Waals surface area contributed by atoms with Crippen LogP contribution in [0, 0.1) is 24.2 Å². The van der Waals surface area contributed by atoms with E-state index in [4.69, 9.17) is 5.26 Å². The van der Waals surface area contributed by atoms with Crippen molar-refractivity contribution < 1.29 is 9.90 Å². The number of phenols is 1. The smallest absolute Gasteiger partial charge is 0.253 e. The van der Waals surface area contributed by atoms with E-state index in [1.54, 1.807) is 24.0 Å². The van der Waals surface area contributed by atoms with Crippen LogP contribution in [0.4, 0.5) is 0 Å². The Morgan fingerprint density at radius 1 is 1.44 bits per heavy atom. The topological polar surface area (TPSA) is 64.3 Å². The molecule has 1 aliphatic heterocycles. The third kappa shape index (κ3) is 2.45. The molecule has 0 bridgehead atoms. The molecular formula is C14H16N2O2. The van der Waals surface area contributed by atoms with E-state index in [1.165, 1.54) is 6.07 Å². The van der Waals surface area contributed by atoms with Gasteiger partial charge in [0, 0.05) is 24.6 Å². The fourth-order valence-electron chi connectivity index (χ4n) is 2.14. The Hall–Kier alpha value is -2.02. The van der Waals surface area contributed by atoms with Crippen molar-refractivity contribution in [3.8, 4) is 11.8 Å². The summed E-state index contributed by atoms with van der Waals surface area (Å²) in [5.41, 5.74) is 1.27. The number of nitriles is 1. The molecule has 0 aromatic heterocycles. The molecule has 2 rings (SSSR count). The number of carbonyl (C=O) groups excluding carboxylic acids is 1. The number of rotatable bonds is 1. The average Bonchev–Trinajstić information content (AvgIpc) is 2.41. The number of phenolic OH excluding ortho intramolecular Hbond substituents is 1. The van der Waals surface area contributed by atoms with Gasteiger partial charge in [-0.15, -0.1) is 0 Å². The third-order valence-corrected chi connectivity index (χ3v) is 3.42. The standard InChI is InChI=1S/C14H16N2O2/c1-10-2-3-12(8-13(10)17)14(18)16-6-4-11(9-15)5-7-16/h2-3,8,11,17H,4-7H2,1H3. The molecule has 0 spiro atoms. The number of carbonyl (C=O) groups is 1. The number of nitrogens with zero attached hydrogens (tertiary/aromatic N) is 2. The van der Waals surface area contributed by atoms with Crippen LogP contribution in [-0.2, 0) is 0 Å². The predicted octanol–water partition coefficient (Wildman–Crippen LogP) is 2.08. The summed E-state index contributed by atoms with van der Waals surface area (Å²) in [6, 6.07) is 7.22. The van der Waals surface area contributed by atoms with Crippen LogP contribution in [0.15, 0.2) is 18.2 Å². The summed E-state index contributed by atoms with van der Waals surface area (Å²) < 4.78 is 0. The minimum absolute atomic E-state index is 0.0679. The molecule has 18 heavy (non-hydrogen) atoms. The summed E-state index contributed by atoms with van der Waals surface area (Å²) in [6.07, 6.45) is 1.47. The number of hydrogen-bond acceptors (Lipinski definition) is 3. The summed E-state index contributed by atoms with van der Waals surface area (Å²) in [5, 5.41) is 18.4. The highest BCUT2D eigenvalue weighted by Crippen LogP contribution is 2.21. The maximum Gasteiger partial charge on any atom is 0.253 e. The lowest BCUT2D eigenvalue weighted by Crippen LogP contribution is -2.38. The van der Waals surface area contributed by atoms with Crippen LogP contribution in [0.25, 0.3) is 0 Å². The number of hydrogen-bond donors (Lipinski definition) is 1. The van der Waals surface area contributed by atoms with Crippen LogP contribution in [0.5, 0.6) is 5.75 Å². The molecule has 1 amide bonds. The second-order valence-corrected chi connectivity index (χ2v) is 4.70. The van der Waals surface area contributed by atoms with Crippen LogP contribution in [0.3, 0.4) is 0 Å². The number of amides is 1. The zero-order chi connectivity index (χ0) is 13.1. The van der Waals surface area contributed by atoms with Crippen molar-refractivity contribution in [2.75, 3.05) is 13.1 Å². The molecule has 0 unspecified atom stereocenters. The van der Waals surface area contributed by atoms with Gasteiger partial charge in [-0.1, -0.05) is 6.07 Å². The Balaban J connectivity index is 2.08.